The van der Waals surface area contributed by atoms with Crippen molar-refractivity contribution >= 4 is 28.0 Å². The molecule has 1 aromatic carbocycles. The Bertz CT molecular complexity index is 561. The van der Waals surface area contributed by atoms with Crippen LogP contribution in [-0.4, -0.2) is 36.8 Å². The van der Waals surface area contributed by atoms with Gasteiger partial charge in [-0.3, -0.25) is 10.0 Å². The summed E-state index contributed by atoms with van der Waals surface area (Å²) >= 11 is 3.32. The highest BCUT2D eigenvalue weighted by atomic mass is 79.9. The molecule has 1 aliphatic heterocycles. The fraction of sp³-hybridized carbons (Fsp3) is 0.385. The van der Waals surface area contributed by atoms with E-state index in [1.807, 2.05) is 0 Å². The predicted molar refractivity (Wildman–Crippen MR) is 79.1 cm³/mol. The van der Waals surface area contributed by atoms with Crippen LogP contribution in [0.2, 0.25) is 0 Å². The van der Waals surface area contributed by atoms with Gasteiger partial charge in [-0.05, 0) is 25.1 Å². The van der Waals surface area contributed by atoms with Crippen molar-refractivity contribution < 1.29 is 8.78 Å². The van der Waals surface area contributed by atoms with E-state index < -0.39 is 12.2 Å². The molecule has 0 saturated carbocycles. The molecule has 0 saturated heterocycles. The van der Waals surface area contributed by atoms with Gasteiger partial charge in [0, 0.05) is 10.0 Å². The molecular formula is C13H15BrF2N4. The Morgan fingerprint density at radius 1 is 1.60 bits per heavy atom. The van der Waals surface area contributed by atoms with Crippen LogP contribution in [0.4, 0.5) is 8.78 Å². The molecule has 0 spiro atoms. The molecule has 1 heterocycles. The van der Waals surface area contributed by atoms with Crippen molar-refractivity contribution in [1.82, 2.24) is 5.01 Å². The minimum Gasteiger partial charge on any atom is -0.386 e. The SMILES string of the molecule is CC1(c2cc(Br)ccc2F)CN(N=CCF)CC(N)=N1. The summed E-state index contributed by atoms with van der Waals surface area (Å²) in [6.45, 7) is 1.76. The summed E-state index contributed by atoms with van der Waals surface area (Å²) in [4.78, 5) is 4.37. The zero-order valence-electron chi connectivity index (χ0n) is 11.0. The number of hydrogen-bond donors (Lipinski definition) is 1. The molecule has 1 aliphatic rings. The minimum atomic E-state index is -0.857. The molecule has 0 amide bonds. The maximum absolute atomic E-state index is 14.1. The molecule has 4 nitrogen and oxygen atoms in total. The Balaban J connectivity index is 2.39. The van der Waals surface area contributed by atoms with Crippen molar-refractivity contribution in [3.05, 3.63) is 34.1 Å². The van der Waals surface area contributed by atoms with Crippen LogP contribution in [0.1, 0.15) is 12.5 Å². The van der Waals surface area contributed by atoms with Crippen LogP contribution in [0.15, 0.2) is 32.8 Å². The van der Waals surface area contributed by atoms with E-state index in [1.54, 1.807) is 24.1 Å². The van der Waals surface area contributed by atoms with Crippen molar-refractivity contribution in [3.8, 4) is 0 Å². The van der Waals surface area contributed by atoms with Gasteiger partial charge < -0.3 is 5.73 Å². The Labute approximate surface area is 124 Å². The van der Waals surface area contributed by atoms with Crippen molar-refractivity contribution in [2.75, 3.05) is 19.8 Å². The summed E-state index contributed by atoms with van der Waals surface area (Å²) in [5.74, 6) is -0.0160. The largest absolute Gasteiger partial charge is 0.386 e. The summed E-state index contributed by atoms with van der Waals surface area (Å²) in [6, 6.07) is 4.67. The highest BCUT2D eigenvalue weighted by molar-refractivity contribution is 9.10. The summed E-state index contributed by atoms with van der Waals surface area (Å²) in [5.41, 5.74) is 5.37. The van der Waals surface area contributed by atoms with E-state index in [9.17, 15) is 8.78 Å². The lowest BCUT2D eigenvalue weighted by atomic mass is 9.90. The van der Waals surface area contributed by atoms with Gasteiger partial charge >= 0.3 is 0 Å². The Morgan fingerprint density at radius 3 is 3.05 bits per heavy atom. The van der Waals surface area contributed by atoms with Crippen LogP contribution in [-0.2, 0) is 5.54 Å². The number of aliphatic imine (C=N–C) groups is 1. The summed E-state index contributed by atoms with van der Waals surface area (Å²) in [6.07, 6.45) is 1.15. The number of benzene rings is 1. The van der Waals surface area contributed by atoms with E-state index in [1.165, 1.54) is 6.07 Å². The second-order valence-electron chi connectivity index (χ2n) is 4.78. The molecule has 0 bridgehead atoms. The van der Waals surface area contributed by atoms with Gasteiger partial charge in [-0.15, -0.1) is 0 Å². The van der Waals surface area contributed by atoms with Gasteiger partial charge in [0.05, 0.1) is 19.3 Å². The molecular weight excluding hydrogens is 330 g/mol. The van der Waals surface area contributed by atoms with Crippen molar-refractivity contribution in [1.29, 1.82) is 0 Å². The zero-order chi connectivity index (χ0) is 14.8. The molecule has 0 aromatic heterocycles. The molecule has 0 aliphatic carbocycles. The Morgan fingerprint density at radius 2 is 2.35 bits per heavy atom. The van der Waals surface area contributed by atoms with Crippen LogP contribution < -0.4 is 5.73 Å². The topological polar surface area (TPSA) is 54.0 Å². The van der Waals surface area contributed by atoms with Crippen molar-refractivity contribution in [2.24, 2.45) is 15.8 Å². The maximum atomic E-state index is 14.1. The highest BCUT2D eigenvalue weighted by Crippen LogP contribution is 2.33. The van der Waals surface area contributed by atoms with Crippen LogP contribution >= 0.6 is 15.9 Å². The summed E-state index contributed by atoms with van der Waals surface area (Å²) in [5, 5.41) is 5.55. The molecule has 2 rings (SSSR count). The average Bonchev–Trinajstić information content (AvgIpc) is 2.38. The highest BCUT2D eigenvalue weighted by Gasteiger charge is 2.35. The van der Waals surface area contributed by atoms with Gasteiger partial charge in [0.2, 0.25) is 0 Å². The standard InChI is InChI=1S/C13H15BrF2N4/c1-13(10-6-9(14)2-3-11(10)16)8-20(18-5-4-15)7-12(17)19-13/h2-3,5-6H,4,7-8H2,1H3,(H2,17,19). The van der Waals surface area contributed by atoms with E-state index in [0.717, 1.165) is 10.7 Å². The monoisotopic (exact) mass is 344 g/mol. The second kappa shape index (κ2) is 5.87. The van der Waals surface area contributed by atoms with Crippen LogP contribution in [0.25, 0.3) is 0 Å². The van der Waals surface area contributed by atoms with E-state index in [0.29, 0.717) is 24.5 Å². The lowest BCUT2D eigenvalue weighted by Gasteiger charge is -2.36. The number of amidine groups is 1. The van der Waals surface area contributed by atoms with Gasteiger partial charge in [0.25, 0.3) is 0 Å². The number of halogens is 3. The summed E-state index contributed by atoms with van der Waals surface area (Å²) in [7, 11) is 0. The van der Waals surface area contributed by atoms with Gasteiger partial charge in [0.1, 0.15) is 23.9 Å². The third kappa shape index (κ3) is 3.15. The van der Waals surface area contributed by atoms with Crippen molar-refractivity contribution in [3.63, 3.8) is 0 Å². The number of hydrazone groups is 1. The van der Waals surface area contributed by atoms with Crippen LogP contribution in [0.5, 0.6) is 0 Å². The number of alkyl halides is 1. The normalized spacial score (nSPS) is 23.2. The first-order valence-corrected chi connectivity index (χ1v) is 6.87. The number of nitrogens with two attached hydrogens (primary N) is 1. The van der Waals surface area contributed by atoms with Crippen molar-refractivity contribution in [2.45, 2.75) is 12.5 Å². The quantitative estimate of drug-likeness (QED) is 0.856. The molecule has 7 heteroatoms. The summed E-state index contributed by atoms with van der Waals surface area (Å²) < 4.78 is 27.0. The van der Waals surface area contributed by atoms with E-state index in [-0.39, 0.29) is 5.82 Å². The van der Waals surface area contributed by atoms with E-state index in [2.05, 4.69) is 26.0 Å². The molecule has 0 fully saturated rings. The minimum absolute atomic E-state index is 0.307. The van der Waals surface area contributed by atoms with Gasteiger partial charge in [-0.1, -0.05) is 15.9 Å². The predicted octanol–water partition coefficient (Wildman–Crippen LogP) is 2.43. The van der Waals surface area contributed by atoms with E-state index in [4.69, 9.17) is 5.73 Å². The average molecular weight is 345 g/mol. The Hall–Kier alpha value is -1.50. The molecule has 1 unspecified atom stereocenters. The lowest BCUT2D eigenvalue weighted by Crippen LogP contribution is -2.46. The Kier molecular flexibility index (Phi) is 4.37. The van der Waals surface area contributed by atoms with Gasteiger partial charge in [-0.25, -0.2) is 8.78 Å². The number of hydrogen-bond acceptors (Lipinski definition) is 4. The molecule has 108 valence electrons. The third-order valence-electron chi connectivity index (χ3n) is 3.05. The second-order valence-corrected chi connectivity index (χ2v) is 5.69. The fourth-order valence-electron chi connectivity index (χ4n) is 2.27. The smallest absolute Gasteiger partial charge is 0.128 e. The molecule has 1 atom stereocenters. The first-order valence-electron chi connectivity index (χ1n) is 6.08. The maximum Gasteiger partial charge on any atom is 0.128 e. The third-order valence-corrected chi connectivity index (χ3v) is 3.54. The van der Waals surface area contributed by atoms with E-state index >= 15 is 0 Å². The number of nitrogens with zero attached hydrogens (tertiary/aromatic N) is 3. The molecule has 2 N–H and O–H groups in total. The lowest BCUT2D eigenvalue weighted by molar-refractivity contribution is 0.233. The molecule has 0 radical (unpaired) electrons. The molecule has 1 aromatic rings. The first kappa shape index (κ1) is 14.9. The van der Waals surface area contributed by atoms with Gasteiger partial charge in [0.15, 0.2) is 0 Å². The van der Waals surface area contributed by atoms with Crippen LogP contribution in [0, 0.1) is 5.82 Å². The zero-order valence-corrected chi connectivity index (χ0v) is 12.6. The van der Waals surface area contributed by atoms with Gasteiger partial charge in [-0.2, -0.15) is 5.10 Å². The van der Waals surface area contributed by atoms with Crippen LogP contribution in [0.3, 0.4) is 0 Å². The fourth-order valence-corrected chi connectivity index (χ4v) is 2.63. The first-order chi connectivity index (χ1) is 9.44. The molecule has 20 heavy (non-hydrogen) atoms. The number of rotatable bonds is 3.